The molecule has 1 aliphatic heterocycles. The number of nitrogens with one attached hydrogen (secondary N) is 3. The molecule has 11 nitrogen and oxygen atoms in total. The molecule has 2 atom stereocenters. The molecule has 0 unspecified atom stereocenters. The van der Waals surface area contributed by atoms with E-state index in [0.29, 0.717) is 25.2 Å². The third kappa shape index (κ3) is 6.10. The molecule has 3 heterocycles. The molecule has 0 aliphatic carbocycles. The normalized spacial score (nSPS) is 16.3. The number of aromatic nitrogens is 4. The highest BCUT2D eigenvalue weighted by Crippen LogP contribution is 2.38. The van der Waals surface area contributed by atoms with E-state index in [2.05, 4.69) is 44.2 Å². The van der Waals surface area contributed by atoms with Crippen molar-refractivity contribution in [1.82, 2.24) is 25.3 Å². The standard InChI is InChI=1S/C29H32N8O3/c1-3-28(38)37-19(2)14-25(24-6-4-5-7-26(24)37)33-27-13-12-23(17-31-27)36-18-22(34-35-36)16-30-15-20-8-10-21(11-9-20)32-29(39)40/h4-13,17-19,25,30,32H,3,14-16H2,1-2H3,(H,31,33)(H,39,40)/t19-,25+/m0/s1. The van der Waals surface area contributed by atoms with E-state index in [1.54, 1.807) is 23.0 Å². The van der Waals surface area contributed by atoms with E-state index in [4.69, 9.17) is 5.11 Å². The molecule has 2 aromatic carbocycles. The van der Waals surface area contributed by atoms with E-state index in [0.717, 1.165) is 40.4 Å². The summed E-state index contributed by atoms with van der Waals surface area (Å²) in [7, 11) is 0. The molecule has 0 saturated heterocycles. The zero-order valence-electron chi connectivity index (χ0n) is 22.4. The van der Waals surface area contributed by atoms with E-state index in [1.165, 1.54) is 0 Å². The van der Waals surface area contributed by atoms with Crippen LogP contribution in [0, 0.1) is 0 Å². The maximum atomic E-state index is 12.6. The van der Waals surface area contributed by atoms with Crippen LogP contribution < -0.4 is 20.9 Å². The minimum absolute atomic E-state index is 0.0409. The van der Waals surface area contributed by atoms with Gasteiger partial charge in [-0.05, 0) is 54.8 Å². The van der Waals surface area contributed by atoms with Gasteiger partial charge < -0.3 is 20.6 Å². The van der Waals surface area contributed by atoms with Gasteiger partial charge in [0.2, 0.25) is 5.91 Å². The summed E-state index contributed by atoms with van der Waals surface area (Å²) in [5, 5.41) is 26.5. The SMILES string of the molecule is CCC(=O)N1c2ccccc2[C@H](Nc2ccc(-n3cc(CNCc4ccc(NC(=O)O)cc4)nn3)cn2)C[C@@H]1C. The molecule has 4 aromatic rings. The number of fused-ring (bicyclic) bond motifs is 1. The van der Waals surface area contributed by atoms with E-state index in [9.17, 15) is 9.59 Å². The van der Waals surface area contributed by atoms with Gasteiger partial charge in [0.15, 0.2) is 0 Å². The summed E-state index contributed by atoms with van der Waals surface area (Å²) >= 11 is 0. The summed E-state index contributed by atoms with van der Waals surface area (Å²) in [5.41, 5.74) is 5.18. The molecule has 0 radical (unpaired) electrons. The second kappa shape index (κ2) is 12.0. The highest BCUT2D eigenvalue weighted by atomic mass is 16.4. The van der Waals surface area contributed by atoms with Crippen LogP contribution >= 0.6 is 0 Å². The lowest BCUT2D eigenvalue weighted by atomic mass is 9.91. The van der Waals surface area contributed by atoms with E-state index in [1.807, 2.05) is 60.5 Å². The smallest absolute Gasteiger partial charge is 0.409 e. The maximum absolute atomic E-state index is 12.6. The van der Waals surface area contributed by atoms with Crippen LogP contribution in [0.1, 0.15) is 49.6 Å². The van der Waals surface area contributed by atoms with Crippen molar-refractivity contribution in [3.63, 3.8) is 0 Å². The number of hydrogen-bond donors (Lipinski definition) is 4. The summed E-state index contributed by atoms with van der Waals surface area (Å²) in [5.74, 6) is 0.880. The molecule has 206 valence electrons. The lowest BCUT2D eigenvalue weighted by Crippen LogP contribution is -2.44. The zero-order valence-corrected chi connectivity index (χ0v) is 22.4. The molecule has 0 spiro atoms. The average Bonchev–Trinajstić information content (AvgIpc) is 3.43. The summed E-state index contributed by atoms with van der Waals surface area (Å²) in [6.07, 6.45) is 3.79. The molecule has 5 rings (SSSR count). The Bertz CT molecular complexity index is 1470. The predicted octanol–water partition coefficient (Wildman–Crippen LogP) is 4.73. The van der Waals surface area contributed by atoms with Gasteiger partial charge in [0.1, 0.15) is 5.82 Å². The largest absolute Gasteiger partial charge is 0.465 e. The molecular formula is C29H32N8O3. The fourth-order valence-electron chi connectivity index (χ4n) is 4.96. The van der Waals surface area contributed by atoms with Crippen molar-refractivity contribution in [2.75, 3.05) is 15.5 Å². The van der Waals surface area contributed by atoms with Crippen LogP contribution in [0.25, 0.3) is 5.69 Å². The van der Waals surface area contributed by atoms with Crippen LogP contribution in [0.5, 0.6) is 0 Å². The Hall–Kier alpha value is -4.77. The van der Waals surface area contributed by atoms with Crippen LogP contribution in [0.15, 0.2) is 73.1 Å². The molecule has 0 saturated carbocycles. The number of rotatable bonds is 9. The first-order valence-corrected chi connectivity index (χ1v) is 13.3. The minimum Gasteiger partial charge on any atom is -0.465 e. The number of anilines is 3. The highest BCUT2D eigenvalue weighted by molar-refractivity contribution is 5.95. The van der Waals surface area contributed by atoms with Crippen LogP contribution in [0.4, 0.5) is 22.0 Å². The zero-order chi connectivity index (χ0) is 28.1. The second-order valence-electron chi connectivity index (χ2n) is 9.74. The summed E-state index contributed by atoms with van der Waals surface area (Å²) in [6, 6.07) is 19.2. The quantitative estimate of drug-likeness (QED) is 0.239. The van der Waals surface area contributed by atoms with Gasteiger partial charge in [-0.2, -0.15) is 0 Å². The number of carboxylic acid groups (broad SMARTS) is 1. The fourth-order valence-corrected chi connectivity index (χ4v) is 4.96. The van der Waals surface area contributed by atoms with Crippen molar-refractivity contribution < 1.29 is 14.7 Å². The highest BCUT2D eigenvalue weighted by Gasteiger charge is 2.33. The molecular weight excluding hydrogens is 508 g/mol. The van der Waals surface area contributed by atoms with E-state index < -0.39 is 6.09 Å². The first-order chi connectivity index (χ1) is 19.4. The lowest BCUT2D eigenvalue weighted by Gasteiger charge is -2.39. The molecule has 4 N–H and O–H groups in total. The van der Waals surface area contributed by atoms with Crippen molar-refractivity contribution in [2.24, 2.45) is 0 Å². The summed E-state index contributed by atoms with van der Waals surface area (Å²) in [6.45, 7) is 5.11. The number of para-hydroxylation sites is 1. The van der Waals surface area contributed by atoms with E-state index >= 15 is 0 Å². The third-order valence-electron chi connectivity index (χ3n) is 6.88. The molecule has 0 bridgehead atoms. The van der Waals surface area contributed by atoms with Crippen LogP contribution in [0.3, 0.4) is 0 Å². The number of nitrogens with zero attached hydrogens (tertiary/aromatic N) is 5. The van der Waals surface area contributed by atoms with Gasteiger partial charge in [-0.15, -0.1) is 5.10 Å². The Kier molecular flexibility index (Phi) is 8.02. The van der Waals surface area contributed by atoms with Gasteiger partial charge in [0.25, 0.3) is 0 Å². The molecule has 11 heteroatoms. The monoisotopic (exact) mass is 540 g/mol. The van der Waals surface area contributed by atoms with Gasteiger partial charge in [-0.25, -0.2) is 14.5 Å². The van der Waals surface area contributed by atoms with Crippen LogP contribution in [0.2, 0.25) is 0 Å². The Morgan fingerprint density at radius 1 is 1.05 bits per heavy atom. The Balaban J connectivity index is 1.18. The molecule has 2 amide bonds. The van der Waals surface area contributed by atoms with Gasteiger partial charge >= 0.3 is 6.09 Å². The number of hydrogen-bond acceptors (Lipinski definition) is 7. The minimum atomic E-state index is -1.09. The van der Waals surface area contributed by atoms with Gasteiger partial charge in [-0.3, -0.25) is 10.1 Å². The topological polar surface area (TPSA) is 137 Å². The fraction of sp³-hybridized carbons (Fsp3) is 0.276. The Labute approximate surface area is 232 Å². The van der Waals surface area contributed by atoms with Crippen molar-refractivity contribution in [1.29, 1.82) is 0 Å². The van der Waals surface area contributed by atoms with Crippen molar-refractivity contribution >= 4 is 29.2 Å². The first-order valence-electron chi connectivity index (χ1n) is 13.3. The lowest BCUT2D eigenvalue weighted by molar-refractivity contribution is -0.118. The second-order valence-corrected chi connectivity index (χ2v) is 9.74. The number of carbonyl (C=O) groups excluding carboxylic acids is 1. The third-order valence-corrected chi connectivity index (χ3v) is 6.88. The van der Waals surface area contributed by atoms with Crippen molar-refractivity contribution in [3.8, 4) is 5.69 Å². The maximum Gasteiger partial charge on any atom is 0.409 e. The number of benzene rings is 2. The number of amides is 2. The molecule has 2 aromatic heterocycles. The van der Waals surface area contributed by atoms with E-state index in [-0.39, 0.29) is 18.0 Å². The summed E-state index contributed by atoms with van der Waals surface area (Å²) < 4.78 is 1.69. The van der Waals surface area contributed by atoms with Crippen molar-refractivity contribution in [3.05, 3.63) is 89.9 Å². The van der Waals surface area contributed by atoms with Gasteiger partial charge in [0, 0.05) is 36.9 Å². The predicted molar refractivity (Wildman–Crippen MR) is 152 cm³/mol. The van der Waals surface area contributed by atoms with Crippen LogP contribution in [-0.4, -0.2) is 43.1 Å². The average molecular weight is 541 g/mol. The molecule has 1 aliphatic rings. The van der Waals surface area contributed by atoms with Crippen molar-refractivity contribution in [2.45, 2.75) is 51.9 Å². The number of carbonyl (C=O) groups is 2. The van der Waals surface area contributed by atoms with Crippen LogP contribution in [-0.2, 0) is 17.9 Å². The molecule has 40 heavy (non-hydrogen) atoms. The molecule has 0 fully saturated rings. The number of pyridine rings is 1. The Morgan fingerprint density at radius 3 is 2.58 bits per heavy atom. The summed E-state index contributed by atoms with van der Waals surface area (Å²) in [4.78, 5) is 29.8. The van der Waals surface area contributed by atoms with Gasteiger partial charge in [-0.1, -0.05) is 42.5 Å². The van der Waals surface area contributed by atoms with Gasteiger partial charge in [0.05, 0.1) is 29.8 Å². The Morgan fingerprint density at radius 2 is 1.85 bits per heavy atom. The first kappa shape index (κ1) is 26.8.